The highest BCUT2D eigenvalue weighted by atomic mass is 79.9. The van der Waals surface area contributed by atoms with Crippen molar-refractivity contribution in [2.24, 2.45) is 23.2 Å². The highest BCUT2D eigenvalue weighted by Gasteiger charge is 2.55. The zero-order valence-corrected chi connectivity index (χ0v) is 14.1. The van der Waals surface area contributed by atoms with Gasteiger partial charge < -0.3 is 4.90 Å². The van der Waals surface area contributed by atoms with E-state index in [2.05, 4.69) is 27.8 Å². The zero-order chi connectivity index (χ0) is 13.9. The highest BCUT2D eigenvalue weighted by molar-refractivity contribution is 9.10. The Hall–Kier alpha value is -0.0500. The number of carbonyl (C=O) groups is 1. The van der Waals surface area contributed by atoms with Crippen molar-refractivity contribution in [3.05, 3.63) is 0 Å². The Bertz CT molecular complexity index is 386. The number of piperidine rings is 1. The summed E-state index contributed by atoms with van der Waals surface area (Å²) in [6, 6.07) is 0.462. The predicted octanol–water partition coefficient (Wildman–Crippen LogP) is 3.98. The number of nitrogens with zero attached hydrogens (tertiary/aromatic N) is 1. The fourth-order valence-electron chi connectivity index (χ4n) is 6.26. The van der Waals surface area contributed by atoms with E-state index in [1.54, 1.807) is 0 Å². The van der Waals surface area contributed by atoms with E-state index in [0.717, 1.165) is 30.7 Å². The molecule has 20 heavy (non-hydrogen) atoms. The van der Waals surface area contributed by atoms with Gasteiger partial charge in [-0.3, -0.25) is 4.79 Å². The first-order valence-corrected chi connectivity index (χ1v) is 9.43. The fourth-order valence-corrected chi connectivity index (χ4v) is 6.85. The molecule has 5 rings (SSSR count). The van der Waals surface area contributed by atoms with E-state index >= 15 is 0 Å². The van der Waals surface area contributed by atoms with Crippen molar-refractivity contribution in [2.75, 3.05) is 6.54 Å². The van der Waals surface area contributed by atoms with Gasteiger partial charge in [-0.05, 0) is 81.5 Å². The molecule has 0 N–H and O–H groups in total. The van der Waals surface area contributed by atoms with Crippen molar-refractivity contribution in [2.45, 2.75) is 69.2 Å². The van der Waals surface area contributed by atoms with Crippen molar-refractivity contribution in [1.82, 2.24) is 4.90 Å². The van der Waals surface area contributed by atoms with Gasteiger partial charge in [0, 0.05) is 12.6 Å². The van der Waals surface area contributed by atoms with Crippen molar-refractivity contribution >= 4 is 21.8 Å². The molecule has 1 heterocycles. The third-order valence-corrected chi connectivity index (χ3v) is 7.70. The lowest BCUT2D eigenvalue weighted by atomic mass is 9.47. The van der Waals surface area contributed by atoms with E-state index in [4.69, 9.17) is 0 Å². The number of amides is 1. The molecule has 0 aromatic rings. The first-order chi connectivity index (χ1) is 9.57. The summed E-state index contributed by atoms with van der Waals surface area (Å²) >= 11 is 3.58. The maximum Gasteiger partial charge on any atom is 0.236 e. The minimum absolute atomic E-state index is 0.0765. The van der Waals surface area contributed by atoms with Gasteiger partial charge >= 0.3 is 0 Å². The van der Waals surface area contributed by atoms with Crippen molar-refractivity contribution in [3.63, 3.8) is 0 Å². The normalized spacial score (nSPS) is 48.7. The van der Waals surface area contributed by atoms with Crippen LogP contribution in [0.25, 0.3) is 0 Å². The summed E-state index contributed by atoms with van der Waals surface area (Å²) in [5.74, 6) is 3.29. The zero-order valence-electron chi connectivity index (χ0n) is 12.5. The molecule has 1 amide bonds. The molecule has 5 fully saturated rings. The molecule has 2 atom stereocenters. The lowest BCUT2D eigenvalue weighted by Gasteiger charge is -2.60. The molecule has 5 aliphatic rings. The average Bonchev–Trinajstić information content (AvgIpc) is 2.39. The molecule has 112 valence electrons. The number of carbonyl (C=O) groups excluding carboxylic acids is 1. The van der Waals surface area contributed by atoms with Gasteiger partial charge in [0.2, 0.25) is 5.91 Å². The lowest BCUT2D eigenvalue weighted by Crippen LogP contribution is -2.59. The Labute approximate surface area is 130 Å². The molecule has 2 nitrogen and oxygen atoms in total. The van der Waals surface area contributed by atoms with Crippen LogP contribution in [0.4, 0.5) is 0 Å². The number of likely N-dealkylation sites (tertiary alicyclic amines) is 1. The number of hydrogen-bond acceptors (Lipinski definition) is 1. The standard InChI is InChI=1S/C17H26BrNO/c1-11(19-4-2-3-15(18)16(19)20)17-8-12-5-13(9-17)7-14(6-12)10-17/h11-15H,2-10H2,1H3. The van der Waals surface area contributed by atoms with Crippen molar-refractivity contribution in [1.29, 1.82) is 0 Å². The Morgan fingerprint density at radius 1 is 1.15 bits per heavy atom. The minimum Gasteiger partial charge on any atom is -0.338 e. The maximum absolute atomic E-state index is 12.5. The van der Waals surface area contributed by atoms with E-state index in [1.165, 1.54) is 44.9 Å². The molecule has 0 radical (unpaired) electrons. The SMILES string of the molecule is CC(N1CCCC(Br)C1=O)C12CC3CC(CC(C3)C1)C2. The van der Waals surface area contributed by atoms with Crippen LogP contribution in [0.3, 0.4) is 0 Å². The van der Waals surface area contributed by atoms with Gasteiger partial charge in [-0.25, -0.2) is 0 Å². The summed E-state index contributed by atoms with van der Waals surface area (Å²) in [4.78, 5) is 14.8. The van der Waals surface area contributed by atoms with Crippen LogP contribution >= 0.6 is 15.9 Å². The van der Waals surface area contributed by atoms with Gasteiger partial charge in [0.25, 0.3) is 0 Å². The summed E-state index contributed by atoms with van der Waals surface area (Å²) in [6.45, 7) is 3.35. The summed E-state index contributed by atoms with van der Waals surface area (Å²) < 4.78 is 0. The fraction of sp³-hybridized carbons (Fsp3) is 0.941. The van der Waals surface area contributed by atoms with Crippen molar-refractivity contribution in [3.8, 4) is 0 Å². The second-order valence-electron chi connectivity index (χ2n) is 8.10. The van der Waals surface area contributed by atoms with Crippen LogP contribution in [0, 0.1) is 23.2 Å². The van der Waals surface area contributed by atoms with Crippen LogP contribution in [0.1, 0.15) is 58.3 Å². The van der Waals surface area contributed by atoms with E-state index < -0.39 is 0 Å². The minimum atomic E-state index is 0.0765. The maximum atomic E-state index is 12.5. The average molecular weight is 340 g/mol. The van der Waals surface area contributed by atoms with Gasteiger partial charge in [0.15, 0.2) is 0 Å². The Morgan fingerprint density at radius 3 is 2.25 bits per heavy atom. The van der Waals surface area contributed by atoms with Crippen LogP contribution in [0.2, 0.25) is 0 Å². The van der Waals surface area contributed by atoms with Crippen LogP contribution in [0.5, 0.6) is 0 Å². The molecule has 1 aliphatic heterocycles. The van der Waals surface area contributed by atoms with Crippen LogP contribution in [-0.4, -0.2) is 28.2 Å². The molecular weight excluding hydrogens is 314 g/mol. The predicted molar refractivity (Wildman–Crippen MR) is 83.7 cm³/mol. The summed E-state index contributed by atoms with van der Waals surface area (Å²) in [6.07, 6.45) is 10.8. The first kappa shape index (κ1) is 13.6. The molecular formula is C17H26BrNO. The number of rotatable bonds is 2. The molecule has 4 bridgehead atoms. The third-order valence-electron chi connectivity index (χ3n) is 6.85. The number of hydrogen-bond donors (Lipinski definition) is 0. The smallest absolute Gasteiger partial charge is 0.236 e. The molecule has 0 aromatic carbocycles. The van der Waals surface area contributed by atoms with E-state index in [0.29, 0.717) is 17.4 Å². The third kappa shape index (κ3) is 1.99. The highest BCUT2D eigenvalue weighted by Crippen LogP contribution is 2.62. The summed E-state index contributed by atoms with van der Waals surface area (Å²) in [5, 5.41) is 0. The molecule has 4 saturated carbocycles. The molecule has 0 aromatic heterocycles. The Kier molecular flexibility index (Phi) is 3.21. The second-order valence-corrected chi connectivity index (χ2v) is 9.20. The van der Waals surface area contributed by atoms with Crippen LogP contribution < -0.4 is 0 Å². The van der Waals surface area contributed by atoms with Gasteiger partial charge in [-0.15, -0.1) is 0 Å². The molecule has 3 heteroatoms. The topological polar surface area (TPSA) is 20.3 Å². The Balaban J connectivity index is 1.58. The summed E-state index contributed by atoms with van der Waals surface area (Å²) in [7, 11) is 0. The van der Waals surface area contributed by atoms with Gasteiger partial charge in [-0.2, -0.15) is 0 Å². The molecule has 0 spiro atoms. The number of halogens is 1. The monoisotopic (exact) mass is 339 g/mol. The largest absolute Gasteiger partial charge is 0.338 e. The summed E-state index contributed by atoms with van der Waals surface area (Å²) in [5.41, 5.74) is 0.467. The van der Waals surface area contributed by atoms with Gasteiger partial charge in [0.05, 0.1) is 4.83 Å². The van der Waals surface area contributed by atoms with E-state index in [-0.39, 0.29) is 4.83 Å². The Morgan fingerprint density at radius 2 is 1.70 bits per heavy atom. The van der Waals surface area contributed by atoms with E-state index in [9.17, 15) is 4.79 Å². The second kappa shape index (κ2) is 4.72. The van der Waals surface area contributed by atoms with Crippen LogP contribution in [-0.2, 0) is 4.79 Å². The lowest BCUT2D eigenvalue weighted by molar-refractivity contribution is -0.146. The van der Waals surface area contributed by atoms with Crippen molar-refractivity contribution < 1.29 is 4.79 Å². The molecule has 4 aliphatic carbocycles. The quantitative estimate of drug-likeness (QED) is 0.697. The first-order valence-electron chi connectivity index (χ1n) is 8.52. The molecule has 2 unspecified atom stereocenters. The molecule has 1 saturated heterocycles. The van der Waals surface area contributed by atoms with Crippen LogP contribution in [0.15, 0.2) is 0 Å². The number of alkyl halides is 1. The van der Waals surface area contributed by atoms with E-state index in [1.807, 2.05) is 0 Å². The van der Waals surface area contributed by atoms with Gasteiger partial charge in [-0.1, -0.05) is 15.9 Å². The van der Waals surface area contributed by atoms with Gasteiger partial charge in [0.1, 0.15) is 0 Å².